The van der Waals surface area contributed by atoms with Crippen molar-refractivity contribution in [1.82, 2.24) is 20.3 Å². The second kappa shape index (κ2) is 16.6. The van der Waals surface area contributed by atoms with Crippen LogP contribution in [0.3, 0.4) is 0 Å². The number of para-hydroxylation sites is 1. The molecule has 12 nitrogen and oxygen atoms in total. The molecule has 1 fully saturated rings. The molecule has 3 aliphatic heterocycles. The SMILES string of the molecule is CCOc1ccc2c(c1)CC(NCCCCO)C(=O)N2c1cccc(CN2C(=O)[C@]3(O[C@H](CCn4cc(CCO)nn4)[C@@H]([Si](C)(C)F)[C@@H]3C)c3ccccc32)c1. The molecule has 1 aromatic heterocycles. The van der Waals surface area contributed by atoms with Gasteiger partial charge in [0.25, 0.3) is 5.91 Å². The lowest BCUT2D eigenvalue weighted by atomic mass is 9.82. The number of aliphatic hydroxyl groups is 2. The van der Waals surface area contributed by atoms with Crippen LogP contribution in [0.15, 0.2) is 72.9 Å². The number of rotatable bonds is 16. The summed E-state index contributed by atoms with van der Waals surface area (Å²) >= 11 is 0. The zero-order valence-electron chi connectivity index (χ0n) is 32.7. The Morgan fingerprint density at radius 1 is 1.04 bits per heavy atom. The molecule has 3 aliphatic rings. The molecule has 4 heterocycles. The van der Waals surface area contributed by atoms with E-state index in [1.165, 1.54) is 0 Å². The summed E-state index contributed by atoms with van der Waals surface area (Å²) in [4.78, 5) is 32.7. The minimum Gasteiger partial charge on any atom is -0.494 e. The smallest absolute Gasteiger partial charge is 0.264 e. The molecule has 5 atom stereocenters. The molecule has 2 amide bonds. The highest BCUT2D eigenvalue weighted by Crippen LogP contribution is 2.60. The second-order valence-electron chi connectivity index (χ2n) is 15.6. The summed E-state index contributed by atoms with van der Waals surface area (Å²) < 4.78 is 30.8. The van der Waals surface area contributed by atoms with E-state index in [2.05, 4.69) is 15.6 Å². The number of halogens is 1. The van der Waals surface area contributed by atoms with E-state index in [0.717, 1.165) is 40.2 Å². The molecule has 3 N–H and O–H groups in total. The molecule has 0 saturated carbocycles. The van der Waals surface area contributed by atoms with Gasteiger partial charge in [-0.15, -0.1) is 5.10 Å². The lowest BCUT2D eigenvalue weighted by Crippen LogP contribution is -2.49. The number of ether oxygens (including phenoxy) is 2. The number of aliphatic hydroxyl groups excluding tert-OH is 2. The fraction of sp³-hybridized carbons (Fsp3) is 0.476. The third-order valence-corrected chi connectivity index (χ3v) is 14.0. The Labute approximate surface area is 328 Å². The largest absolute Gasteiger partial charge is 0.494 e. The molecule has 298 valence electrons. The molecular formula is C42H53FN6O6Si. The number of fused-ring (bicyclic) bond motifs is 3. The van der Waals surface area contributed by atoms with Crippen molar-refractivity contribution in [2.75, 3.05) is 36.2 Å². The van der Waals surface area contributed by atoms with Crippen LogP contribution >= 0.6 is 0 Å². The van der Waals surface area contributed by atoms with E-state index in [-0.39, 0.29) is 31.6 Å². The van der Waals surface area contributed by atoms with Crippen LogP contribution in [0.4, 0.5) is 21.2 Å². The average Bonchev–Trinajstić information content (AvgIpc) is 3.82. The third kappa shape index (κ3) is 7.52. The monoisotopic (exact) mass is 784 g/mol. The number of hydrogen-bond acceptors (Lipinski definition) is 9. The van der Waals surface area contributed by atoms with E-state index < -0.39 is 37.6 Å². The number of carbonyl (C=O) groups is 2. The van der Waals surface area contributed by atoms with Crippen molar-refractivity contribution in [3.05, 3.63) is 95.3 Å². The molecule has 3 aromatic carbocycles. The van der Waals surface area contributed by atoms with Crippen LogP contribution in [-0.2, 0) is 45.9 Å². The summed E-state index contributed by atoms with van der Waals surface area (Å²) in [6, 6.07) is 20.7. The predicted molar refractivity (Wildman–Crippen MR) is 214 cm³/mol. The van der Waals surface area contributed by atoms with Gasteiger partial charge in [-0.3, -0.25) is 19.2 Å². The van der Waals surface area contributed by atoms with E-state index in [0.29, 0.717) is 56.8 Å². The first-order valence-electron chi connectivity index (χ1n) is 19.8. The van der Waals surface area contributed by atoms with Gasteiger partial charge >= 0.3 is 0 Å². The Kier molecular flexibility index (Phi) is 11.8. The minimum absolute atomic E-state index is 0.0265. The Balaban J connectivity index is 1.18. The summed E-state index contributed by atoms with van der Waals surface area (Å²) in [6.45, 7) is 9.14. The highest BCUT2D eigenvalue weighted by atomic mass is 28.4. The molecule has 0 aliphatic carbocycles. The summed E-state index contributed by atoms with van der Waals surface area (Å²) in [5.41, 5.74) is 3.60. The topological polar surface area (TPSA) is 142 Å². The number of aromatic nitrogens is 3. The zero-order valence-corrected chi connectivity index (χ0v) is 33.7. The van der Waals surface area contributed by atoms with Gasteiger partial charge < -0.3 is 34.0 Å². The molecule has 1 spiro atoms. The molecule has 1 saturated heterocycles. The zero-order chi connectivity index (χ0) is 39.6. The van der Waals surface area contributed by atoms with E-state index in [9.17, 15) is 19.8 Å². The number of anilines is 3. The summed E-state index contributed by atoms with van der Waals surface area (Å²) in [5.74, 6) is 0.00730. The van der Waals surface area contributed by atoms with Gasteiger partial charge in [0, 0.05) is 55.1 Å². The van der Waals surface area contributed by atoms with Crippen molar-refractivity contribution < 1.29 is 33.4 Å². The van der Waals surface area contributed by atoms with Gasteiger partial charge in [-0.1, -0.05) is 42.5 Å². The van der Waals surface area contributed by atoms with E-state index in [1.54, 1.807) is 33.8 Å². The number of benzene rings is 3. The third-order valence-electron chi connectivity index (χ3n) is 11.5. The van der Waals surface area contributed by atoms with Crippen molar-refractivity contribution in [2.45, 2.75) is 95.4 Å². The Morgan fingerprint density at radius 2 is 1.86 bits per heavy atom. The standard InChI is InChI=1S/C42H53FN6O6Si/c1-5-54-33-15-16-36-30(24-33)25-35(44-19-8-9-21-50)40(52)49(36)32-12-10-11-29(23-32)26-48-37-14-7-6-13-34(37)42(41(48)53)28(2)39(56(3,4)43)38(55-42)17-20-47-27-31(18-22-51)45-46-47/h6-7,10-16,23-24,27-28,35,38-39,44,50-51H,5,8-9,17-22,25-26H2,1-4H3/t28-,35?,38+,39-,42+/m0/s1. The summed E-state index contributed by atoms with van der Waals surface area (Å²) in [6.07, 6.45) is 4.02. The van der Waals surface area contributed by atoms with Crippen molar-refractivity contribution in [2.24, 2.45) is 5.92 Å². The van der Waals surface area contributed by atoms with Crippen LogP contribution in [0, 0.1) is 5.92 Å². The maximum atomic E-state index is 16.4. The lowest BCUT2D eigenvalue weighted by molar-refractivity contribution is -0.146. The van der Waals surface area contributed by atoms with Gasteiger partial charge in [0.15, 0.2) is 5.60 Å². The van der Waals surface area contributed by atoms with Crippen LogP contribution in [-0.4, -0.2) is 83.9 Å². The van der Waals surface area contributed by atoms with Gasteiger partial charge in [0.05, 0.1) is 42.4 Å². The fourth-order valence-electron chi connectivity index (χ4n) is 9.06. The van der Waals surface area contributed by atoms with Gasteiger partial charge in [-0.05, 0) is 99.8 Å². The van der Waals surface area contributed by atoms with Crippen LogP contribution in [0.5, 0.6) is 5.75 Å². The molecule has 0 radical (unpaired) electrons. The van der Waals surface area contributed by atoms with Crippen molar-refractivity contribution in [3.8, 4) is 5.75 Å². The molecule has 7 rings (SSSR count). The molecule has 14 heteroatoms. The molecule has 1 unspecified atom stereocenters. The van der Waals surface area contributed by atoms with Crippen LogP contribution < -0.4 is 19.9 Å². The van der Waals surface area contributed by atoms with E-state index in [1.807, 2.05) is 80.6 Å². The Morgan fingerprint density at radius 3 is 2.62 bits per heavy atom. The molecule has 56 heavy (non-hydrogen) atoms. The Bertz CT molecular complexity index is 2040. The first-order valence-corrected chi connectivity index (χ1v) is 22.8. The number of unbranched alkanes of at least 4 members (excludes halogenated alkanes) is 1. The predicted octanol–water partition coefficient (Wildman–Crippen LogP) is 5.58. The maximum Gasteiger partial charge on any atom is 0.264 e. The first kappa shape index (κ1) is 39.8. The van der Waals surface area contributed by atoms with Crippen molar-refractivity contribution in [1.29, 1.82) is 0 Å². The van der Waals surface area contributed by atoms with Crippen molar-refractivity contribution >= 4 is 37.3 Å². The van der Waals surface area contributed by atoms with Crippen LogP contribution in [0.25, 0.3) is 0 Å². The first-order chi connectivity index (χ1) is 27.0. The second-order valence-corrected chi connectivity index (χ2v) is 19.4. The van der Waals surface area contributed by atoms with Gasteiger partial charge in [0.2, 0.25) is 14.3 Å². The highest BCUT2D eigenvalue weighted by molar-refractivity contribution is 6.72. The van der Waals surface area contributed by atoms with E-state index >= 15 is 4.11 Å². The van der Waals surface area contributed by atoms with E-state index in [4.69, 9.17) is 9.47 Å². The number of nitrogens with one attached hydrogen (secondary N) is 1. The molecule has 0 bridgehead atoms. The lowest BCUT2D eigenvalue weighted by Gasteiger charge is -2.35. The van der Waals surface area contributed by atoms with Crippen molar-refractivity contribution in [3.63, 3.8) is 0 Å². The number of aryl methyl sites for hydroxylation is 1. The molecule has 4 aromatic rings. The quantitative estimate of drug-likeness (QED) is 0.0755. The fourth-order valence-corrected chi connectivity index (χ4v) is 11.6. The number of nitrogens with zero attached hydrogens (tertiary/aromatic N) is 5. The van der Waals surface area contributed by atoms with Gasteiger partial charge in [-0.2, -0.15) is 0 Å². The normalized spacial score (nSPS) is 23.3. The number of hydrogen-bond donors (Lipinski definition) is 3. The van der Waals surface area contributed by atoms with Gasteiger partial charge in [0.1, 0.15) is 5.75 Å². The average molecular weight is 785 g/mol. The van der Waals surface area contributed by atoms with Gasteiger partial charge in [-0.25, -0.2) is 0 Å². The van der Waals surface area contributed by atoms with Crippen LogP contribution in [0.1, 0.15) is 55.5 Å². The Hall–Kier alpha value is -4.47. The maximum absolute atomic E-state index is 16.4. The molecular weight excluding hydrogens is 732 g/mol. The summed E-state index contributed by atoms with van der Waals surface area (Å²) in [5, 5.41) is 30.3. The number of carbonyl (C=O) groups excluding carboxylic acids is 2. The van der Waals surface area contributed by atoms with Crippen LogP contribution in [0.2, 0.25) is 18.6 Å². The number of amides is 2. The highest BCUT2D eigenvalue weighted by Gasteiger charge is 2.66. The minimum atomic E-state index is -3.36. The summed E-state index contributed by atoms with van der Waals surface area (Å²) in [7, 11) is -3.36.